The van der Waals surface area contributed by atoms with Gasteiger partial charge in [0, 0.05) is 18.5 Å². The molecule has 17 heavy (non-hydrogen) atoms. The molecule has 5 atom stereocenters. The second-order valence-electron chi connectivity index (χ2n) is 5.88. The molecule has 3 nitrogen and oxygen atoms in total. The lowest BCUT2D eigenvalue weighted by atomic mass is 9.84. The SMILES string of the molecule is CC(N)CC(=O)NC(C)C1CC2CCC1C2.Cl. The maximum absolute atomic E-state index is 11.6. The number of halogens is 1. The minimum absolute atomic E-state index is 0. The van der Waals surface area contributed by atoms with Crippen molar-refractivity contribution in [1.29, 1.82) is 0 Å². The minimum Gasteiger partial charge on any atom is -0.353 e. The summed E-state index contributed by atoms with van der Waals surface area (Å²) in [5.41, 5.74) is 5.62. The van der Waals surface area contributed by atoms with Gasteiger partial charge >= 0.3 is 0 Å². The molecular formula is C13H25ClN2O. The number of nitrogens with two attached hydrogens (primary N) is 1. The van der Waals surface area contributed by atoms with Crippen LogP contribution in [0.15, 0.2) is 0 Å². The summed E-state index contributed by atoms with van der Waals surface area (Å²) in [5, 5.41) is 3.12. The molecule has 0 aromatic rings. The Morgan fingerprint density at radius 3 is 2.53 bits per heavy atom. The summed E-state index contributed by atoms with van der Waals surface area (Å²) in [5.74, 6) is 2.65. The van der Waals surface area contributed by atoms with Crippen LogP contribution in [0.1, 0.15) is 46.0 Å². The van der Waals surface area contributed by atoms with Crippen LogP contribution in [0.4, 0.5) is 0 Å². The Kier molecular flexibility index (Phi) is 5.26. The van der Waals surface area contributed by atoms with Crippen LogP contribution in [-0.4, -0.2) is 18.0 Å². The first-order chi connectivity index (χ1) is 7.56. The number of hydrogen-bond donors (Lipinski definition) is 2. The molecule has 4 heteroatoms. The molecule has 5 unspecified atom stereocenters. The number of carbonyl (C=O) groups is 1. The molecule has 0 spiro atoms. The predicted octanol–water partition coefficient (Wildman–Crippen LogP) is 2.09. The van der Waals surface area contributed by atoms with Crippen molar-refractivity contribution in [3.8, 4) is 0 Å². The van der Waals surface area contributed by atoms with E-state index < -0.39 is 0 Å². The monoisotopic (exact) mass is 260 g/mol. The molecule has 0 aromatic carbocycles. The zero-order valence-corrected chi connectivity index (χ0v) is 11.6. The molecule has 0 saturated heterocycles. The van der Waals surface area contributed by atoms with Crippen LogP contribution >= 0.6 is 12.4 Å². The summed E-state index contributed by atoms with van der Waals surface area (Å²) in [6, 6.07) is 0.300. The van der Waals surface area contributed by atoms with Crippen molar-refractivity contribution in [3.05, 3.63) is 0 Å². The van der Waals surface area contributed by atoms with Gasteiger partial charge in [-0.1, -0.05) is 6.42 Å². The Bertz CT molecular complexity index is 270. The zero-order chi connectivity index (χ0) is 11.7. The van der Waals surface area contributed by atoms with Gasteiger partial charge in [0.25, 0.3) is 0 Å². The smallest absolute Gasteiger partial charge is 0.221 e. The van der Waals surface area contributed by atoms with Gasteiger partial charge in [-0.25, -0.2) is 0 Å². The first-order valence-electron chi connectivity index (χ1n) is 6.61. The lowest BCUT2D eigenvalue weighted by molar-refractivity contribution is -0.122. The van der Waals surface area contributed by atoms with Gasteiger partial charge in [0.15, 0.2) is 0 Å². The van der Waals surface area contributed by atoms with Crippen LogP contribution in [0.2, 0.25) is 0 Å². The average Bonchev–Trinajstić information content (AvgIpc) is 2.76. The average molecular weight is 261 g/mol. The van der Waals surface area contributed by atoms with E-state index in [1.807, 2.05) is 6.92 Å². The van der Waals surface area contributed by atoms with Crippen molar-refractivity contribution in [3.63, 3.8) is 0 Å². The summed E-state index contributed by atoms with van der Waals surface area (Å²) in [6.07, 6.45) is 5.97. The van der Waals surface area contributed by atoms with Gasteiger partial charge in [-0.2, -0.15) is 0 Å². The van der Waals surface area contributed by atoms with Crippen LogP contribution in [0.25, 0.3) is 0 Å². The van der Waals surface area contributed by atoms with Gasteiger partial charge in [0.1, 0.15) is 0 Å². The van der Waals surface area contributed by atoms with Crippen molar-refractivity contribution in [2.45, 2.75) is 58.0 Å². The van der Waals surface area contributed by atoms with Gasteiger partial charge in [-0.15, -0.1) is 12.4 Å². The molecule has 2 rings (SSSR count). The van der Waals surface area contributed by atoms with Crippen molar-refractivity contribution < 1.29 is 4.79 Å². The van der Waals surface area contributed by atoms with E-state index in [4.69, 9.17) is 5.73 Å². The normalized spacial score (nSPS) is 33.9. The highest BCUT2D eigenvalue weighted by atomic mass is 35.5. The maximum atomic E-state index is 11.6. The number of nitrogens with one attached hydrogen (secondary N) is 1. The third-order valence-electron chi connectivity index (χ3n) is 4.33. The van der Waals surface area contributed by atoms with Crippen LogP contribution in [0.3, 0.4) is 0 Å². The Labute approximate surface area is 110 Å². The van der Waals surface area contributed by atoms with Crippen LogP contribution in [0.5, 0.6) is 0 Å². The fourth-order valence-corrected chi connectivity index (χ4v) is 3.62. The van der Waals surface area contributed by atoms with Gasteiger partial charge in [0.2, 0.25) is 5.91 Å². The van der Waals surface area contributed by atoms with E-state index in [9.17, 15) is 4.79 Å². The molecule has 0 radical (unpaired) electrons. The Hall–Kier alpha value is -0.280. The highest BCUT2D eigenvalue weighted by molar-refractivity contribution is 5.85. The molecule has 0 heterocycles. The van der Waals surface area contributed by atoms with Crippen molar-refractivity contribution in [1.82, 2.24) is 5.32 Å². The van der Waals surface area contributed by atoms with Crippen LogP contribution in [-0.2, 0) is 4.79 Å². The highest BCUT2D eigenvalue weighted by Gasteiger charge is 2.42. The molecule has 1 amide bonds. The fraction of sp³-hybridized carbons (Fsp3) is 0.923. The largest absolute Gasteiger partial charge is 0.353 e. The molecule has 2 aliphatic carbocycles. The van der Waals surface area contributed by atoms with E-state index >= 15 is 0 Å². The number of carbonyl (C=O) groups excluding carboxylic acids is 1. The fourth-order valence-electron chi connectivity index (χ4n) is 3.62. The molecule has 2 aliphatic rings. The van der Waals surface area contributed by atoms with Gasteiger partial charge in [-0.3, -0.25) is 4.79 Å². The molecular weight excluding hydrogens is 236 g/mol. The lowest BCUT2D eigenvalue weighted by Crippen LogP contribution is -2.41. The van der Waals surface area contributed by atoms with Crippen molar-refractivity contribution >= 4 is 18.3 Å². The van der Waals surface area contributed by atoms with Gasteiger partial charge in [0.05, 0.1) is 0 Å². The van der Waals surface area contributed by atoms with Crippen molar-refractivity contribution in [2.24, 2.45) is 23.5 Å². The summed E-state index contributed by atoms with van der Waals surface area (Å²) >= 11 is 0. The standard InChI is InChI=1S/C13H24N2O.ClH/c1-8(14)5-13(16)15-9(2)12-7-10-3-4-11(12)6-10;/h8-12H,3-7,14H2,1-2H3,(H,15,16);1H. The summed E-state index contributed by atoms with van der Waals surface area (Å²) in [6.45, 7) is 4.03. The zero-order valence-electron chi connectivity index (χ0n) is 10.8. The van der Waals surface area contributed by atoms with Gasteiger partial charge in [-0.05, 0) is 50.9 Å². The Morgan fingerprint density at radius 2 is 2.06 bits per heavy atom. The molecule has 3 N–H and O–H groups in total. The van der Waals surface area contributed by atoms with E-state index in [0.717, 1.165) is 17.8 Å². The third kappa shape index (κ3) is 3.59. The number of amides is 1. The van der Waals surface area contributed by atoms with E-state index in [2.05, 4.69) is 12.2 Å². The molecule has 100 valence electrons. The first-order valence-corrected chi connectivity index (χ1v) is 6.61. The van der Waals surface area contributed by atoms with Crippen LogP contribution < -0.4 is 11.1 Å². The molecule has 2 saturated carbocycles. The van der Waals surface area contributed by atoms with E-state index in [0.29, 0.717) is 12.5 Å². The minimum atomic E-state index is -0.0350. The topological polar surface area (TPSA) is 55.1 Å². The summed E-state index contributed by atoms with van der Waals surface area (Å²) in [7, 11) is 0. The maximum Gasteiger partial charge on any atom is 0.221 e. The van der Waals surface area contributed by atoms with E-state index in [-0.39, 0.29) is 24.4 Å². The Balaban J connectivity index is 0.00000144. The third-order valence-corrected chi connectivity index (χ3v) is 4.33. The predicted molar refractivity (Wildman–Crippen MR) is 72.1 cm³/mol. The summed E-state index contributed by atoms with van der Waals surface area (Å²) in [4.78, 5) is 11.6. The van der Waals surface area contributed by atoms with Gasteiger partial charge < -0.3 is 11.1 Å². The Morgan fingerprint density at radius 1 is 1.35 bits per heavy atom. The molecule has 0 aliphatic heterocycles. The quantitative estimate of drug-likeness (QED) is 0.813. The second-order valence-corrected chi connectivity index (χ2v) is 5.88. The van der Waals surface area contributed by atoms with E-state index in [1.54, 1.807) is 0 Å². The number of hydrogen-bond acceptors (Lipinski definition) is 2. The number of rotatable bonds is 4. The molecule has 2 bridgehead atoms. The second kappa shape index (κ2) is 6.05. The number of fused-ring (bicyclic) bond motifs is 2. The highest BCUT2D eigenvalue weighted by Crippen LogP contribution is 2.49. The first kappa shape index (κ1) is 14.8. The summed E-state index contributed by atoms with van der Waals surface area (Å²) < 4.78 is 0. The van der Waals surface area contributed by atoms with Crippen molar-refractivity contribution in [2.75, 3.05) is 0 Å². The molecule has 0 aromatic heterocycles. The lowest BCUT2D eigenvalue weighted by Gasteiger charge is -2.28. The molecule has 2 fully saturated rings. The van der Waals surface area contributed by atoms with Crippen LogP contribution in [0, 0.1) is 17.8 Å². The van der Waals surface area contributed by atoms with E-state index in [1.165, 1.54) is 25.7 Å².